The van der Waals surface area contributed by atoms with Gasteiger partial charge in [-0.05, 0) is 31.2 Å². The summed E-state index contributed by atoms with van der Waals surface area (Å²) in [6, 6.07) is 5.04. The molecule has 0 saturated carbocycles. The third-order valence-electron chi connectivity index (χ3n) is 5.26. The van der Waals surface area contributed by atoms with E-state index in [0.29, 0.717) is 11.2 Å². The molecule has 14 heteroatoms. The summed E-state index contributed by atoms with van der Waals surface area (Å²) in [7, 11) is -2.40. The number of hydrogen-bond acceptors (Lipinski definition) is 9. The number of aromatic nitrogens is 5. The number of benzene rings is 1. The lowest BCUT2D eigenvalue weighted by molar-refractivity contribution is -0.0494. The molecular weight excluding hydrogens is 486 g/mol. The van der Waals surface area contributed by atoms with Crippen LogP contribution in [0.4, 0.5) is 14.5 Å². The Labute approximate surface area is 198 Å². The Morgan fingerprint density at radius 3 is 2.77 bits per heavy atom. The quantitative estimate of drug-likeness (QED) is 0.289. The molecule has 1 unspecified atom stereocenters. The van der Waals surface area contributed by atoms with Crippen molar-refractivity contribution in [3.63, 3.8) is 0 Å². The molecule has 0 saturated heterocycles. The summed E-state index contributed by atoms with van der Waals surface area (Å²) in [6.07, 6.45) is 4.79. The van der Waals surface area contributed by atoms with Crippen molar-refractivity contribution in [1.82, 2.24) is 24.4 Å². The molecule has 0 spiro atoms. The van der Waals surface area contributed by atoms with Gasteiger partial charge in [0.15, 0.2) is 21.7 Å². The Hall–Kier alpha value is -3.62. The molecule has 2 atom stereocenters. The molecule has 0 bridgehead atoms. The summed E-state index contributed by atoms with van der Waals surface area (Å²) >= 11 is 0. The van der Waals surface area contributed by atoms with Crippen LogP contribution in [-0.4, -0.2) is 61.5 Å². The molecule has 3 N–H and O–H groups in total. The van der Waals surface area contributed by atoms with Crippen LogP contribution in [0.2, 0.25) is 0 Å². The SMILES string of the molecule is C[C@@H](CO)S(=O)(=O)c1ccc(OC(F)F)c(-c2nn(C)cc2NC(O)c2cnn3cccnc23)c1. The summed E-state index contributed by atoms with van der Waals surface area (Å²) in [5, 5.41) is 30.3. The number of fused-ring (bicyclic) bond motifs is 1. The molecule has 0 aliphatic heterocycles. The van der Waals surface area contributed by atoms with Crippen LogP contribution in [0.5, 0.6) is 5.75 Å². The molecule has 0 aliphatic rings. The maximum absolute atomic E-state index is 13.1. The van der Waals surface area contributed by atoms with Crippen LogP contribution in [0, 0.1) is 0 Å². The molecule has 4 aromatic rings. The van der Waals surface area contributed by atoms with E-state index in [1.54, 1.807) is 19.3 Å². The lowest BCUT2D eigenvalue weighted by Gasteiger charge is -2.16. The first-order chi connectivity index (χ1) is 16.6. The molecule has 0 amide bonds. The highest BCUT2D eigenvalue weighted by Gasteiger charge is 2.27. The monoisotopic (exact) mass is 508 g/mol. The summed E-state index contributed by atoms with van der Waals surface area (Å²) in [5.41, 5.74) is 0.951. The van der Waals surface area contributed by atoms with E-state index in [-0.39, 0.29) is 27.6 Å². The molecule has 3 aromatic heterocycles. The number of hydrogen-bond donors (Lipinski definition) is 3. The molecule has 0 aliphatic carbocycles. The van der Waals surface area contributed by atoms with Gasteiger partial charge in [0.2, 0.25) is 0 Å². The van der Waals surface area contributed by atoms with Crippen LogP contribution in [0.15, 0.2) is 53.9 Å². The van der Waals surface area contributed by atoms with Crippen LogP contribution in [0.1, 0.15) is 18.7 Å². The first-order valence-electron chi connectivity index (χ1n) is 10.3. The fourth-order valence-corrected chi connectivity index (χ4v) is 4.66. The van der Waals surface area contributed by atoms with Crippen molar-refractivity contribution in [2.24, 2.45) is 7.05 Å². The van der Waals surface area contributed by atoms with Crippen molar-refractivity contribution in [2.45, 2.75) is 29.9 Å². The molecule has 186 valence electrons. The van der Waals surface area contributed by atoms with Gasteiger partial charge in [-0.25, -0.2) is 17.9 Å². The number of halogens is 2. The number of anilines is 1. The fraction of sp³-hybridized carbons (Fsp3) is 0.286. The highest BCUT2D eigenvalue weighted by Crippen LogP contribution is 2.38. The van der Waals surface area contributed by atoms with Crippen molar-refractivity contribution < 1.29 is 32.1 Å². The second-order valence-electron chi connectivity index (χ2n) is 7.67. The zero-order valence-electron chi connectivity index (χ0n) is 18.6. The van der Waals surface area contributed by atoms with Crippen molar-refractivity contribution in [1.29, 1.82) is 0 Å². The van der Waals surface area contributed by atoms with E-state index >= 15 is 0 Å². The number of sulfone groups is 1. The standard InChI is InChI=1S/C21H22F2N6O5S/c1-12(11-30)35(32,33)13-4-5-17(34-21(22)23)14(8-13)18-16(10-28(2)27-18)26-20(31)15-9-25-29-7-3-6-24-19(15)29/h3-10,12,20-21,26,30-31H,11H2,1-2H3/t12-,20?/m0/s1. The molecular formula is C21H22F2N6O5S. The number of nitrogens with one attached hydrogen (secondary N) is 1. The van der Waals surface area contributed by atoms with Gasteiger partial charge in [-0.3, -0.25) is 4.68 Å². The largest absolute Gasteiger partial charge is 0.434 e. The van der Waals surface area contributed by atoms with Crippen molar-refractivity contribution in [2.75, 3.05) is 11.9 Å². The van der Waals surface area contributed by atoms with Crippen LogP contribution < -0.4 is 10.1 Å². The first kappa shape index (κ1) is 24.5. The summed E-state index contributed by atoms with van der Waals surface area (Å²) in [4.78, 5) is 3.98. The van der Waals surface area contributed by atoms with Crippen molar-refractivity contribution >= 4 is 21.2 Å². The Balaban J connectivity index is 1.79. The van der Waals surface area contributed by atoms with Gasteiger partial charge in [0, 0.05) is 31.2 Å². The third kappa shape index (κ3) is 4.80. The Kier molecular flexibility index (Phi) is 6.69. The Morgan fingerprint density at radius 1 is 1.29 bits per heavy atom. The van der Waals surface area contributed by atoms with Gasteiger partial charge >= 0.3 is 6.61 Å². The van der Waals surface area contributed by atoms with Gasteiger partial charge in [0.25, 0.3) is 0 Å². The number of aliphatic hydroxyl groups is 2. The van der Waals surface area contributed by atoms with Crippen LogP contribution >= 0.6 is 0 Å². The summed E-state index contributed by atoms with van der Waals surface area (Å²) in [6.45, 7) is -2.47. The molecule has 1 aromatic carbocycles. The number of aryl methyl sites for hydroxylation is 1. The summed E-state index contributed by atoms with van der Waals surface area (Å²) < 4.78 is 59.2. The van der Waals surface area contributed by atoms with Gasteiger partial charge in [0.05, 0.1) is 34.2 Å². The molecule has 0 radical (unpaired) electrons. The van der Waals surface area contributed by atoms with Crippen LogP contribution in [0.25, 0.3) is 16.9 Å². The average Bonchev–Trinajstić information content (AvgIpc) is 3.41. The van der Waals surface area contributed by atoms with E-state index in [1.165, 1.54) is 34.7 Å². The zero-order chi connectivity index (χ0) is 25.3. The van der Waals surface area contributed by atoms with E-state index in [0.717, 1.165) is 18.2 Å². The lowest BCUT2D eigenvalue weighted by atomic mass is 10.1. The second-order valence-corrected chi connectivity index (χ2v) is 10.0. The molecule has 11 nitrogen and oxygen atoms in total. The fourth-order valence-electron chi connectivity index (χ4n) is 3.46. The maximum Gasteiger partial charge on any atom is 0.387 e. The van der Waals surface area contributed by atoms with E-state index < -0.39 is 34.5 Å². The maximum atomic E-state index is 13.1. The van der Waals surface area contributed by atoms with Gasteiger partial charge < -0.3 is 20.3 Å². The second kappa shape index (κ2) is 9.56. The number of alkyl halides is 2. The van der Waals surface area contributed by atoms with Crippen molar-refractivity contribution in [3.05, 3.63) is 54.6 Å². The zero-order valence-corrected chi connectivity index (χ0v) is 19.4. The molecule has 0 fully saturated rings. The molecule has 4 rings (SSSR count). The Bertz CT molecular complexity index is 1460. The van der Waals surface area contributed by atoms with Gasteiger partial charge in [0.1, 0.15) is 11.4 Å². The highest BCUT2D eigenvalue weighted by atomic mass is 32.2. The number of aliphatic hydroxyl groups excluding tert-OH is 2. The predicted octanol–water partition coefficient (Wildman–Crippen LogP) is 1.99. The van der Waals surface area contributed by atoms with Gasteiger partial charge in [-0.1, -0.05) is 0 Å². The minimum absolute atomic E-state index is 0.0511. The predicted molar refractivity (Wildman–Crippen MR) is 121 cm³/mol. The van der Waals surface area contributed by atoms with Crippen LogP contribution in [-0.2, 0) is 16.9 Å². The van der Waals surface area contributed by atoms with E-state index in [9.17, 15) is 27.4 Å². The van der Waals surface area contributed by atoms with Crippen LogP contribution in [0.3, 0.4) is 0 Å². The highest BCUT2D eigenvalue weighted by molar-refractivity contribution is 7.92. The van der Waals surface area contributed by atoms with Gasteiger partial charge in [-0.15, -0.1) is 0 Å². The van der Waals surface area contributed by atoms with E-state index in [2.05, 4.69) is 25.2 Å². The van der Waals surface area contributed by atoms with E-state index in [1.807, 2.05) is 0 Å². The Morgan fingerprint density at radius 2 is 2.06 bits per heavy atom. The summed E-state index contributed by atoms with van der Waals surface area (Å²) in [5.74, 6) is -0.315. The third-order valence-corrected chi connectivity index (χ3v) is 7.38. The van der Waals surface area contributed by atoms with Gasteiger partial charge in [-0.2, -0.15) is 19.0 Å². The van der Waals surface area contributed by atoms with E-state index in [4.69, 9.17) is 0 Å². The topological polar surface area (TPSA) is 144 Å². The normalized spacial score (nSPS) is 13.8. The minimum atomic E-state index is -3.97. The number of nitrogens with zero attached hydrogens (tertiary/aromatic N) is 5. The molecule has 3 heterocycles. The first-order valence-corrected chi connectivity index (χ1v) is 11.9. The average molecular weight is 509 g/mol. The smallest absolute Gasteiger partial charge is 0.387 e. The molecule has 35 heavy (non-hydrogen) atoms. The minimum Gasteiger partial charge on any atom is -0.434 e. The van der Waals surface area contributed by atoms with Crippen molar-refractivity contribution in [3.8, 4) is 17.0 Å². The number of rotatable bonds is 9. The lowest BCUT2D eigenvalue weighted by Crippen LogP contribution is -2.21. The number of ether oxygens (including phenoxy) is 1.